The Kier molecular flexibility index (Phi) is 11.0. The van der Waals surface area contributed by atoms with Crippen molar-refractivity contribution in [3.05, 3.63) is 25.3 Å². The van der Waals surface area contributed by atoms with Crippen molar-refractivity contribution in [1.29, 1.82) is 0 Å². The van der Waals surface area contributed by atoms with Crippen LogP contribution in [-0.4, -0.2) is 26.6 Å². The lowest BCUT2D eigenvalue weighted by atomic mass is 10.0. The van der Waals surface area contributed by atoms with Crippen LogP contribution in [-0.2, 0) is 14.6 Å². The zero-order valence-corrected chi connectivity index (χ0v) is 9.74. The lowest BCUT2D eigenvalue weighted by Crippen LogP contribution is -2.12. The molecule has 0 fully saturated rings. The monoisotopic (exact) mass is 237 g/mol. The largest absolute Gasteiger partial charge is 0.397 e. The molecule has 0 aliphatic rings. The van der Waals surface area contributed by atoms with Crippen LogP contribution in [0.4, 0.5) is 0 Å². The van der Waals surface area contributed by atoms with Gasteiger partial charge in [-0.3, -0.25) is 8.74 Å². The predicted octanol–water partition coefficient (Wildman–Crippen LogP) is 1.15. The maximum absolute atomic E-state index is 9.33. The van der Waals surface area contributed by atoms with Gasteiger partial charge in [0.05, 0.1) is 7.11 Å². The number of hydrogen-bond donors (Lipinski definition) is 2. The molecule has 0 aromatic carbocycles. The molecule has 3 N–H and O–H groups in total. The molecule has 90 valence electrons. The lowest BCUT2D eigenvalue weighted by Gasteiger charge is -2.07. The van der Waals surface area contributed by atoms with Gasteiger partial charge in [-0.1, -0.05) is 12.2 Å². The number of rotatable bonds is 6. The number of nitrogens with two attached hydrogens (primary N) is 1. The molecule has 0 radical (unpaired) electrons. The van der Waals surface area contributed by atoms with Crippen LogP contribution in [0.15, 0.2) is 25.3 Å². The molecule has 0 rings (SSSR count). The Labute approximate surface area is 91.6 Å². The van der Waals surface area contributed by atoms with E-state index in [1.807, 2.05) is 12.2 Å². The lowest BCUT2D eigenvalue weighted by molar-refractivity contribution is 0.324. The van der Waals surface area contributed by atoms with Gasteiger partial charge >= 0.3 is 10.4 Å². The smallest absolute Gasteiger partial charge is 0.330 e. The molecular formula is C9H19NO4S. The van der Waals surface area contributed by atoms with E-state index in [0.29, 0.717) is 5.92 Å². The summed E-state index contributed by atoms with van der Waals surface area (Å²) in [6, 6.07) is 0. The summed E-state index contributed by atoms with van der Waals surface area (Å²) in [5.41, 5.74) is 5.45. The number of hydrogen-bond acceptors (Lipinski definition) is 4. The summed E-state index contributed by atoms with van der Waals surface area (Å²) in [6.07, 6.45) is 5.81. The SMILES string of the molecule is C=CCC(CN)CC=C.COS(=O)(=O)O. The van der Waals surface area contributed by atoms with Gasteiger partial charge < -0.3 is 5.73 Å². The Morgan fingerprint density at radius 2 is 1.73 bits per heavy atom. The minimum atomic E-state index is -4.16. The highest BCUT2D eigenvalue weighted by Crippen LogP contribution is 2.06. The Bertz CT molecular complexity index is 251. The Balaban J connectivity index is 0. The highest BCUT2D eigenvalue weighted by molar-refractivity contribution is 7.80. The minimum absolute atomic E-state index is 0.556. The standard InChI is InChI=1S/C8H15N.CH4O4S/c1-3-5-8(7-9)6-4-2;1-5-6(2,3)4/h3-4,8H,1-2,5-7,9H2;1H3,(H,2,3,4). The van der Waals surface area contributed by atoms with Gasteiger partial charge in [0, 0.05) is 0 Å². The average Bonchev–Trinajstić information content (AvgIpc) is 2.17. The van der Waals surface area contributed by atoms with Gasteiger partial charge in [0.25, 0.3) is 0 Å². The third-order valence-corrected chi connectivity index (χ3v) is 1.97. The van der Waals surface area contributed by atoms with Gasteiger partial charge in [-0.25, -0.2) is 0 Å². The summed E-state index contributed by atoms with van der Waals surface area (Å²) < 4.78 is 29.7. The van der Waals surface area contributed by atoms with Gasteiger partial charge in [0.15, 0.2) is 0 Å². The summed E-state index contributed by atoms with van der Waals surface area (Å²) in [5, 5.41) is 0. The first kappa shape index (κ1) is 16.7. The molecule has 5 nitrogen and oxygen atoms in total. The molecule has 0 aromatic rings. The van der Waals surface area contributed by atoms with E-state index in [9.17, 15) is 8.42 Å². The molecule has 0 atom stereocenters. The molecule has 0 saturated carbocycles. The molecule has 0 unspecified atom stereocenters. The highest BCUT2D eigenvalue weighted by Gasteiger charge is 1.99. The van der Waals surface area contributed by atoms with Crippen molar-refractivity contribution in [2.75, 3.05) is 13.7 Å². The first-order chi connectivity index (χ1) is 6.91. The van der Waals surface area contributed by atoms with E-state index < -0.39 is 10.4 Å². The summed E-state index contributed by atoms with van der Waals surface area (Å²) in [4.78, 5) is 0. The van der Waals surface area contributed by atoms with Crippen LogP contribution in [0.1, 0.15) is 12.8 Å². The van der Waals surface area contributed by atoms with Crippen LogP contribution in [0.5, 0.6) is 0 Å². The van der Waals surface area contributed by atoms with Gasteiger partial charge in [0.1, 0.15) is 0 Å². The van der Waals surface area contributed by atoms with Gasteiger partial charge in [-0.2, -0.15) is 8.42 Å². The Morgan fingerprint density at radius 3 is 1.87 bits per heavy atom. The minimum Gasteiger partial charge on any atom is -0.330 e. The first-order valence-electron chi connectivity index (χ1n) is 4.36. The maximum Gasteiger partial charge on any atom is 0.397 e. The molecule has 0 spiro atoms. The maximum atomic E-state index is 9.33. The topological polar surface area (TPSA) is 89.6 Å². The van der Waals surface area contributed by atoms with Gasteiger partial charge in [-0.05, 0) is 25.3 Å². The fourth-order valence-electron chi connectivity index (χ4n) is 0.760. The fourth-order valence-corrected chi connectivity index (χ4v) is 0.760. The average molecular weight is 237 g/mol. The summed E-state index contributed by atoms with van der Waals surface area (Å²) in [6.45, 7) is 8.02. The molecule has 0 heterocycles. The van der Waals surface area contributed by atoms with Crippen molar-refractivity contribution in [1.82, 2.24) is 0 Å². The van der Waals surface area contributed by atoms with E-state index in [1.54, 1.807) is 0 Å². The summed E-state index contributed by atoms with van der Waals surface area (Å²) in [7, 11) is -3.29. The zero-order chi connectivity index (χ0) is 12.3. The van der Waals surface area contributed by atoms with Crippen LogP contribution in [0.2, 0.25) is 0 Å². The third kappa shape index (κ3) is 16.0. The van der Waals surface area contributed by atoms with E-state index in [4.69, 9.17) is 10.3 Å². The molecule has 15 heavy (non-hydrogen) atoms. The normalized spacial score (nSPS) is 10.4. The summed E-state index contributed by atoms with van der Waals surface area (Å²) >= 11 is 0. The molecule has 0 bridgehead atoms. The van der Waals surface area contributed by atoms with Gasteiger partial charge in [-0.15, -0.1) is 13.2 Å². The molecule has 0 saturated heterocycles. The predicted molar refractivity (Wildman–Crippen MR) is 60.7 cm³/mol. The molecule has 6 heteroatoms. The van der Waals surface area contributed by atoms with Crippen molar-refractivity contribution in [2.24, 2.45) is 11.7 Å². The second-order valence-electron chi connectivity index (χ2n) is 2.74. The van der Waals surface area contributed by atoms with E-state index in [0.717, 1.165) is 26.5 Å². The van der Waals surface area contributed by atoms with Crippen molar-refractivity contribution >= 4 is 10.4 Å². The van der Waals surface area contributed by atoms with Crippen molar-refractivity contribution < 1.29 is 17.2 Å². The van der Waals surface area contributed by atoms with Crippen LogP contribution >= 0.6 is 0 Å². The fraction of sp³-hybridized carbons (Fsp3) is 0.556. The molecule has 0 amide bonds. The van der Waals surface area contributed by atoms with Crippen LogP contribution < -0.4 is 5.73 Å². The van der Waals surface area contributed by atoms with Gasteiger partial charge in [0.2, 0.25) is 0 Å². The molecular weight excluding hydrogens is 218 g/mol. The molecule has 0 aliphatic heterocycles. The third-order valence-electron chi connectivity index (χ3n) is 1.54. The second-order valence-corrected chi connectivity index (χ2v) is 3.93. The number of allylic oxidation sites excluding steroid dienone is 2. The molecule has 0 aromatic heterocycles. The quantitative estimate of drug-likeness (QED) is 0.534. The van der Waals surface area contributed by atoms with Crippen molar-refractivity contribution in [2.45, 2.75) is 12.8 Å². The highest BCUT2D eigenvalue weighted by atomic mass is 32.3. The van der Waals surface area contributed by atoms with Crippen molar-refractivity contribution in [3.63, 3.8) is 0 Å². The first-order valence-corrected chi connectivity index (χ1v) is 5.72. The second kappa shape index (κ2) is 9.85. The Morgan fingerprint density at radius 1 is 1.40 bits per heavy atom. The zero-order valence-electron chi connectivity index (χ0n) is 8.93. The van der Waals surface area contributed by atoms with E-state index in [-0.39, 0.29) is 0 Å². The van der Waals surface area contributed by atoms with Crippen LogP contribution in [0.25, 0.3) is 0 Å². The Hall–Kier alpha value is -0.690. The van der Waals surface area contributed by atoms with E-state index in [1.165, 1.54) is 0 Å². The van der Waals surface area contributed by atoms with Crippen LogP contribution in [0, 0.1) is 5.92 Å². The summed E-state index contributed by atoms with van der Waals surface area (Å²) in [5.74, 6) is 0.556. The van der Waals surface area contributed by atoms with E-state index in [2.05, 4.69) is 17.3 Å². The van der Waals surface area contributed by atoms with Crippen LogP contribution in [0.3, 0.4) is 0 Å². The molecule has 0 aliphatic carbocycles. The van der Waals surface area contributed by atoms with Crippen molar-refractivity contribution in [3.8, 4) is 0 Å². The van der Waals surface area contributed by atoms with E-state index >= 15 is 0 Å².